The smallest absolute Gasteiger partial charge is 0.192 e. The van der Waals surface area contributed by atoms with Gasteiger partial charge in [-0.1, -0.05) is 62.0 Å². The van der Waals surface area contributed by atoms with Crippen molar-refractivity contribution in [1.82, 2.24) is 19.7 Å². The average Bonchev–Trinajstić information content (AvgIpc) is 3.66. The Morgan fingerprint density at radius 2 is 1.88 bits per heavy atom. The van der Waals surface area contributed by atoms with Crippen molar-refractivity contribution in [3.8, 4) is 17.3 Å². The Bertz CT molecular complexity index is 1850. The number of rotatable bonds is 15. The van der Waals surface area contributed by atoms with E-state index in [2.05, 4.69) is 88.3 Å². The van der Waals surface area contributed by atoms with E-state index >= 15 is 0 Å². The van der Waals surface area contributed by atoms with Crippen molar-refractivity contribution >= 4 is 34.2 Å². The molecule has 0 atom stereocenters. The Morgan fingerprint density at radius 3 is 2.48 bits per heavy atom. The fourth-order valence-electron chi connectivity index (χ4n) is 5.58. The number of amidine groups is 1. The lowest BCUT2D eigenvalue weighted by Gasteiger charge is -2.40. The number of allylic oxidation sites excluding steroid dienone is 7. The van der Waals surface area contributed by atoms with Crippen LogP contribution in [0.3, 0.4) is 0 Å². The maximum absolute atomic E-state index is 13.6. The van der Waals surface area contributed by atoms with Gasteiger partial charge < -0.3 is 14.5 Å². The highest BCUT2D eigenvalue weighted by atomic mass is 32.1. The Kier molecular flexibility index (Phi) is 13.5. The summed E-state index contributed by atoms with van der Waals surface area (Å²) in [6, 6.07) is 8.39. The lowest BCUT2D eigenvalue weighted by Crippen LogP contribution is -2.53. The second-order valence-corrected chi connectivity index (χ2v) is 13.4. The molecule has 50 heavy (non-hydrogen) atoms. The number of aryl methyl sites for hydroxylation is 1. The Morgan fingerprint density at radius 1 is 1.16 bits per heavy atom. The van der Waals surface area contributed by atoms with Gasteiger partial charge in [0.1, 0.15) is 40.2 Å². The van der Waals surface area contributed by atoms with Crippen molar-refractivity contribution in [1.29, 1.82) is 5.26 Å². The molecule has 1 aliphatic rings. The fraction of sp³-hybridized carbons (Fsp3) is 0.400. The molecule has 264 valence electrons. The molecule has 1 fully saturated rings. The highest BCUT2D eigenvalue weighted by Crippen LogP contribution is 2.38. The van der Waals surface area contributed by atoms with E-state index in [1.165, 1.54) is 29.0 Å². The lowest BCUT2D eigenvalue weighted by atomic mass is 10.0. The number of likely N-dealkylation sites (tertiary alicyclic amines) is 1. The molecule has 0 saturated carbocycles. The van der Waals surface area contributed by atoms with E-state index in [-0.39, 0.29) is 11.9 Å². The van der Waals surface area contributed by atoms with Gasteiger partial charge in [-0.3, -0.25) is 0 Å². The van der Waals surface area contributed by atoms with Crippen LogP contribution in [0.4, 0.5) is 15.3 Å². The summed E-state index contributed by atoms with van der Waals surface area (Å²) < 4.78 is 21.4. The number of halogens is 1. The zero-order valence-corrected chi connectivity index (χ0v) is 31.6. The van der Waals surface area contributed by atoms with E-state index in [4.69, 9.17) is 19.8 Å². The van der Waals surface area contributed by atoms with E-state index in [1.807, 2.05) is 24.7 Å². The number of nitriles is 1. The molecule has 8 nitrogen and oxygen atoms in total. The summed E-state index contributed by atoms with van der Waals surface area (Å²) in [6.45, 7) is 23.4. The van der Waals surface area contributed by atoms with Crippen molar-refractivity contribution in [3.05, 3.63) is 99.7 Å². The minimum atomic E-state index is -0.328. The van der Waals surface area contributed by atoms with Crippen LogP contribution in [0.2, 0.25) is 0 Å². The minimum Gasteiger partial charge on any atom is -0.492 e. The predicted octanol–water partition coefficient (Wildman–Crippen LogP) is 10.1. The SMILES string of the molecule is C=C(C)OC1CN(/C(C)=N/C=C(\C=C(\C)CC)C(/C=C\c2nn(CC)c(N(CC)c3nc(-c4ccc(F)cc4)c(C#N)s3)c2C)=C\CCC)C1. The van der Waals surface area contributed by atoms with Crippen LogP contribution in [0.15, 0.2) is 82.7 Å². The maximum Gasteiger partial charge on any atom is 0.192 e. The first-order chi connectivity index (χ1) is 24.0. The quantitative estimate of drug-likeness (QED) is 0.0681. The standard InChI is InChI=1S/C40H50FN7OS/c1-10-14-15-31(33(22-28(7)11-2)24-43-30(9)46-25-35(26-46)49-27(5)6)18-21-36-29(8)39(48(13-4)45-36)47(12-3)40-44-38(37(23-42)50-40)32-16-19-34(41)20-17-32/h15-22,24,35H,5,10-14,25-26H2,1-4,6-9H3/b21-18-,28-22-,31-15-,33-24+,43-30+. The van der Waals surface area contributed by atoms with Crippen molar-refractivity contribution in [3.63, 3.8) is 0 Å². The highest BCUT2D eigenvalue weighted by molar-refractivity contribution is 7.16. The largest absolute Gasteiger partial charge is 0.492 e. The third-order valence-electron chi connectivity index (χ3n) is 8.56. The molecule has 2 aromatic heterocycles. The molecule has 0 spiro atoms. The molecule has 0 aliphatic carbocycles. The first-order valence-corrected chi connectivity index (χ1v) is 18.2. The molecule has 3 heterocycles. The summed E-state index contributed by atoms with van der Waals surface area (Å²) in [4.78, 5) is 14.6. The molecular weight excluding hydrogens is 646 g/mol. The molecule has 1 aromatic carbocycles. The van der Waals surface area contributed by atoms with Gasteiger partial charge in [0.05, 0.1) is 24.5 Å². The number of aromatic nitrogens is 3. The van der Waals surface area contributed by atoms with Crippen molar-refractivity contribution in [2.75, 3.05) is 24.5 Å². The van der Waals surface area contributed by atoms with Crippen LogP contribution in [0.25, 0.3) is 17.3 Å². The van der Waals surface area contributed by atoms with E-state index < -0.39 is 0 Å². The molecule has 0 N–H and O–H groups in total. The molecule has 1 aliphatic heterocycles. The molecule has 0 unspecified atom stereocenters. The van der Waals surface area contributed by atoms with Gasteiger partial charge in [0.15, 0.2) is 5.13 Å². The first kappa shape index (κ1) is 38.1. The third-order valence-corrected chi connectivity index (χ3v) is 9.54. The molecular formula is C40H50FN7OS. The summed E-state index contributed by atoms with van der Waals surface area (Å²) >= 11 is 1.33. The third kappa shape index (κ3) is 9.27. The molecule has 0 amide bonds. The van der Waals surface area contributed by atoms with Gasteiger partial charge in [0.25, 0.3) is 0 Å². The minimum absolute atomic E-state index is 0.159. The van der Waals surface area contributed by atoms with Gasteiger partial charge in [-0.15, -0.1) is 0 Å². The second kappa shape index (κ2) is 17.8. The van der Waals surface area contributed by atoms with Gasteiger partial charge in [-0.05, 0) is 95.9 Å². The summed E-state index contributed by atoms with van der Waals surface area (Å²) in [7, 11) is 0. The van der Waals surface area contributed by atoms with Gasteiger partial charge in [-0.25, -0.2) is 19.0 Å². The number of anilines is 2. The monoisotopic (exact) mass is 695 g/mol. The summed E-state index contributed by atoms with van der Waals surface area (Å²) in [5.41, 5.74) is 6.54. The van der Waals surface area contributed by atoms with Crippen LogP contribution in [0, 0.1) is 24.1 Å². The van der Waals surface area contributed by atoms with E-state index in [9.17, 15) is 9.65 Å². The second-order valence-electron chi connectivity index (χ2n) is 12.4. The van der Waals surface area contributed by atoms with Gasteiger partial charge in [-0.2, -0.15) is 10.4 Å². The van der Waals surface area contributed by atoms with E-state index in [0.29, 0.717) is 34.4 Å². The molecule has 0 radical (unpaired) electrons. The number of aliphatic imine (C=N–C) groups is 1. The van der Waals surface area contributed by atoms with Crippen LogP contribution in [0.5, 0.6) is 0 Å². The Balaban J connectivity index is 1.69. The number of unbranched alkanes of at least 4 members (excludes halogenated alkanes) is 1. The molecule has 4 rings (SSSR count). The number of nitrogens with zero attached hydrogens (tertiary/aromatic N) is 7. The predicted molar refractivity (Wildman–Crippen MR) is 206 cm³/mol. The molecule has 1 saturated heterocycles. The van der Waals surface area contributed by atoms with E-state index in [1.54, 1.807) is 12.1 Å². The van der Waals surface area contributed by atoms with Crippen molar-refractivity contribution < 1.29 is 9.13 Å². The van der Waals surface area contributed by atoms with Gasteiger partial charge >= 0.3 is 0 Å². The number of hydrogen-bond acceptors (Lipinski definition) is 7. The number of benzene rings is 1. The van der Waals surface area contributed by atoms with Crippen LogP contribution in [0.1, 0.15) is 83.9 Å². The normalized spacial score (nSPS) is 14.7. The summed E-state index contributed by atoms with van der Waals surface area (Å²) in [5.74, 6) is 2.30. The van der Waals surface area contributed by atoms with E-state index in [0.717, 1.165) is 72.2 Å². The Hall–Kier alpha value is -4.75. The van der Waals surface area contributed by atoms with Crippen LogP contribution in [-0.4, -0.2) is 51.2 Å². The fourth-order valence-corrected chi connectivity index (χ4v) is 6.53. The maximum atomic E-state index is 13.6. The molecule has 3 aromatic rings. The van der Waals surface area contributed by atoms with Gasteiger partial charge in [0.2, 0.25) is 0 Å². The summed E-state index contributed by atoms with van der Waals surface area (Å²) in [5, 5.41) is 15.7. The first-order valence-electron chi connectivity index (χ1n) is 17.4. The van der Waals surface area contributed by atoms with Gasteiger partial charge in [0, 0.05) is 30.4 Å². The highest BCUT2D eigenvalue weighted by Gasteiger charge is 2.29. The Labute approximate surface area is 301 Å². The van der Waals surface area contributed by atoms with Crippen LogP contribution >= 0.6 is 11.3 Å². The lowest BCUT2D eigenvalue weighted by molar-refractivity contribution is 0.0162. The number of ether oxygens (including phenoxy) is 1. The van der Waals surface area contributed by atoms with Crippen molar-refractivity contribution in [2.24, 2.45) is 4.99 Å². The average molecular weight is 696 g/mol. The van der Waals surface area contributed by atoms with Crippen LogP contribution < -0.4 is 4.90 Å². The number of thiazole rings is 1. The number of hydrogen-bond donors (Lipinski definition) is 0. The topological polar surface area (TPSA) is 82.6 Å². The zero-order chi connectivity index (χ0) is 36.4. The van der Waals surface area contributed by atoms with Crippen molar-refractivity contribution in [2.45, 2.75) is 87.3 Å². The summed E-state index contributed by atoms with van der Waals surface area (Å²) in [6.07, 6.45) is 13.8. The molecule has 10 heteroatoms. The zero-order valence-electron chi connectivity index (χ0n) is 30.8. The van der Waals surface area contributed by atoms with Crippen LogP contribution in [-0.2, 0) is 11.3 Å². The molecule has 0 bridgehead atoms.